The summed E-state index contributed by atoms with van der Waals surface area (Å²) in [5, 5.41) is 26.0. The van der Waals surface area contributed by atoms with Crippen LogP contribution in [0.15, 0.2) is 0 Å². The van der Waals surface area contributed by atoms with Gasteiger partial charge < -0.3 is 19.8 Å². The molecule has 0 aliphatic carbocycles. The molecular weight excluding hydrogens is 324 g/mol. The van der Waals surface area contributed by atoms with Crippen LogP contribution < -0.4 is 0 Å². The summed E-state index contributed by atoms with van der Waals surface area (Å²) in [7, 11) is 0. The molecule has 9 heteroatoms. The number of rotatable bonds is 3. The lowest BCUT2D eigenvalue weighted by Gasteiger charge is -2.46. The van der Waals surface area contributed by atoms with Crippen molar-refractivity contribution in [2.75, 3.05) is 19.7 Å². The predicted molar refractivity (Wildman–Crippen MR) is 80.8 cm³/mol. The third-order valence-corrected chi connectivity index (χ3v) is 4.86. The minimum atomic E-state index is -0.811. The Hall–Kier alpha value is -1.22. The van der Waals surface area contributed by atoms with Gasteiger partial charge in [0, 0.05) is 32.4 Å². The van der Waals surface area contributed by atoms with Gasteiger partial charge in [0.25, 0.3) is 0 Å². The Bertz CT molecular complexity index is 559. The van der Waals surface area contributed by atoms with Crippen LogP contribution in [-0.4, -0.2) is 73.7 Å². The topological polar surface area (TPSA) is 112 Å². The minimum Gasteiger partial charge on any atom is -0.390 e. The molecule has 8 nitrogen and oxygen atoms in total. The van der Waals surface area contributed by atoms with E-state index in [1.54, 1.807) is 0 Å². The van der Waals surface area contributed by atoms with E-state index in [2.05, 4.69) is 15.2 Å². The molecule has 2 atom stereocenters. The number of amides is 1. The highest BCUT2D eigenvalue weighted by Crippen LogP contribution is 2.35. The fraction of sp³-hybridized carbons (Fsp3) is 0.786. The molecule has 3 N–H and O–H groups in total. The molecule has 0 unspecified atom stereocenters. The zero-order valence-electron chi connectivity index (χ0n) is 12.7. The van der Waals surface area contributed by atoms with Crippen molar-refractivity contribution < 1.29 is 19.7 Å². The molecule has 128 valence electrons. The lowest BCUT2D eigenvalue weighted by atomic mass is 9.82. The van der Waals surface area contributed by atoms with Crippen molar-refractivity contribution >= 4 is 17.5 Å². The number of aryl methyl sites for hydroxylation is 1. The van der Waals surface area contributed by atoms with Crippen molar-refractivity contribution in [3.63, 3.8) is 0 Å². The summed E-state index contributed by atoms with van der Waals surface area (Å²) in [5.74, 6) is 0.660. The van der Waals surface area contributed by atoms with Gasteiger partial charge in [-0.2, -0.15) is 0 Å². The van der Waals surface area contributed by atoms with E-state index in [4.69, 9.17) is 16.3 Å². The lowest BCUT2D eigenvalue weighted by molar-refractivity contribution is -0.188. The zero-order chi connectivity index (χ0) is 16.4. The van der Waals surface area contributed by atoms with Gasteiger partial charge in [0.1, 0.15) is 11.9 Å². The van der Waals surface area contributed by atoms with Crippen molar-refractivity contribution in [1.29, 1.82) is 0 Å². The van der Waals surface area contributed by atoms with Gasteiger partial charge in [0.15, 0.2) is 0 Å². The van der Waals surface area contributed by atoms with E-state index in [9.17, 15) is 15.0 Å². The number of hydrogen-bond donors (Lipinski definition) is 3. The molecule has 0 aromatic carbocycles. The van der Waals surface area contributed by atoms with E-state index >= 15 is 0 Å². The summed E-state index contributed by atoms with van der Waals surface area (Å²) in [4.78, 5) is 18.0. The number of piperidine rings is 1. The first-order valence-corrected chi connectivity index (χ1v) is 8.20. The number of carbonyl (C=O) groups is 1. The van der Waals surface area contributed by atoms with Crippen LogP contribution in [0.25, 0.3) is 0 Å². The molecular formula is C14H21ClN4O4. The average Bonchev–Trinajstić information content (AvgIpc) is 2.95. The third-order valence-electron chi connectivity index (χ3n) is 4.69. The summed E-state index contributed by atoms with van der Waals surface area (Å²) in [6.45, 7) is 1.35. The van der Waals surface area contributed by atoms with Gasteiger partial charge in [-0.15, -0.1) is 5.10 Å². The van der Waals surface area contributed by atoms with Gasteiger partial charge in [0.2, 0.25) is 11.2 Å². The predicted octanol–water partition coefficient (Wildman–Crippen LogP) is -0.106. The Kier molecular flexibility index (Phi) is 4.86. The minimum absolute atomic E-state index is 0.0590. The maximum absolute atomic E-state index is 12.3. The van der Waals surface area contributed by atoms with Crippen LogP contribution in [0.3, 0.4) is 0 Å². The summed E-state index contributed by atoms with van der Waals surface area (Å²) in [5.41, 5.74) is -0.409. The molecule has 1 aromatic rings. The number of H-pyrrole nitrogens is 1. The van der Waals surface area contributed by atoms with Gasteiger partial charge in [-0.05, 0) is 24.4 Å². The maximum Gasteiger partial charge on any atom is 0.242 e. The third kappa shape index (κ3) is 3.82. The Morgan fingerprint density at radius 3 is 2.74 bits per heavy atom. The Morgan fingerprint density at radius 2 is 2.13 bits per heavy atom. The van der Waals surface area contributed by atoms with E-state index in [-0.39, 0.29) is 17.8 Å². The molecule has 1 spiro atoms. The van der Waals surface area contributed by atoms with Crippen LogP contribution in [0.1, 0.15) is 31.5 Å². The molecule has 23 heavy (non-hydrogen) atoms. The molecule has 3 heterocycles. The monoisotopic (exact) mass is 344 g/mol. The van der Waals surface area contributed by atoms with Gasteiger partial charge >= 0.3 is 0 Å². The van der Waals surface area contributed by atoms with Crippen LogP contribution in [-0.2, 0) is 16.0 Å². The number of likely N-dealkylation sites (tertiary alicyclic amines) is 1. The Balaban J connectivity index is 1.47. The standard InChI is InChI=1S/C14H21ClN4O4/c15-13-16-11(17-18-13)1-2-12(22)19-5-3-14(4-6-19)7-9(20)10(21)8-23-14/h9-10,20-21H,1-8H2,(H,16,17,18)/t9-,10+/m1/s1. The second kappa shape index (κ2) is 6.72. The fourth-order valence-electron chi connectivity index (χ4n) is 3.23. The molecule has 1 amide bonds. The molecule has 2 saturated heterocycles. The molecule has 0 saturated carbocycles. The van der Waals surface area contributed by atoms with Crippen molar-refractivity contribution in [2.45, 2.75) is 49.9 Å². The molecule has 1 aromatic heterocycles. The second-order valence-electron chi connectivity index (χ2n) is 6.26. The first kappa shape index (κ1) is 16.6. The number of nitrogens with zero attached hydrogens (tertiary/aromatic N) is 3. The summed E-state index contributed by atoms with van der Waals surface area (Å²) in [6.07, 6.45) is 1.04. The number of nitrogens with one attached hydrogen (secondary N) is 1. The number of aromatic nitrogens is 3. The highest BCUT2D eigenvalue weighted by molar-refractivity contribution is 6.28. The normalized spacial score (nSPS) is 27.3. The van der Waals surface area contributed by atoms with Crippen LogP contribution in [0.2, 0.25) is 5.28 Å². The van der Waals surface area contributed by atoms with Crippen LogP contribution in [0.5, 0.6) is 0 Å². The van der Waals surface area contributed by atoms with Crippen molar-refractivity contribution in [3.8, 4) is 0 Å². The first-order valence-electron chi connectivity index (χ1n) is 7.82. The van der Waals surface area contributed by atoms with Gasteiger partial charge in [-0.3, -0.25) is 9.89 Å². The van der Waals surface area contributed by atoms with Gasteiger partial charge in [-0.1, -0.05) is 0 Å². The van der Waals surface area contributed by atoms with Crippen molar-refractivity contribution in [3.05, 3.63) is 11.1 Å². The SMILES string of the molecule is O=C(CCc1nc(Cl)n[nH]1)N1CCC2(CC1)C[C@@H](O)[C@@H](O)CO2. The molecule has 0 radical (unpaired) electrons. The summed E-state index contributed by atoms with van der Waals surface area (Å²) >= 11 is 5.63. The highest BCUT2D eigenvalue weighted by atomic mass is 35.5. The number of aromatic amines is 1. The maximum atomic E-state index is 12.3. The summed E-state index contributed by atoms with van der Waals surface area (Å²) in [6, 6.07) is 0. The fourth-order valence-corrected chi connectivity index (χ4v) is 3.37. The van der Waals surface area contributed by atoms with E-state index < -0.39 is 17.8 Å². The van der Waals surface area contributed by atoms with Crippen LogP contribution in [0.4, 0.5) is 0 Å². The quantitative estimate of drug-likeness (QED) is 0.705. The van der Waals surface area contributed by atoms with Crippen LogP contribution >= 0.6 is 11.6 Å². The first-order chi connectivity index (χ1) is 11.0. The molecule has 2 fully saturated rings. The van der Waals surface area contributed by atoms with Crippen molar-refractivity contribution in [1.82, 2.24) is 20.1 Å². The largest absolute Gasteiger partial charge is 0.390 e. The average molecular weight is 345 g/mol. The van der Waals surface area contributed by atoms with Crippen LogP contribution in [0, 0.1) is 0 Å². The number of carbonyl (C=O) groups excluding carboxylic acids is 1. The van der Waals surface area contributed by atoms with Gasteiger partial charge in [-0.25, -0.2) is 4.98 Å². The van der Waals surface area contributed by atoms with E-state index in [0.29, 0.717) is 51.0 Å². The lowest BCUT2D eigenvalue weighted by Crippen LogP contribution is -2.55. The molecule has 2 aliphatic heterocycles. The number of hydrogen-bond acceptors (Lipinski definition) is 6. The Labute approximate surface area is 138 Å². The number of aliphatic hydroxyl groups excluding tert-OH is 2. The van der Waals surface area contributed by atoms with E-state index in [0.717, 1.165) is 0 Å². The number of ether oxygens (including phenoxy) is 1. The van der Waals surface area contributed by atoms with Crippen molar-refractivity contribution in [2.24, 2.45) is 0 Å². The van der Waals surface area contributed by atoms with E-state index in [1.165, 1.54) is 0 Å². The zero-order valence-corrected chi connectivity index (χ0v) is 13.5. The molecule has 3 rings (SSSR count). The Morgan fingerprint density at radius 1 is 1.39 bits per heavy atom. The smallest absolute Gasteiger partial charge is 0.242 e. The number of aliphatic hydroxyl groups is 2. The number of halogens is 1. The summed E-state index contributed by atoms with van der Waals surface area (Å²) < 4.78 is 5.76. The van der Waals surface area contributed by atoms with E-state index in [1.807, 2.05) is 4.90 Å². The molecule has 2 aliphatic rings. The molecule has 0 bridgehead atoms. The van der Waals surface area contributed by atoms with Gasteiger partial charge in [0.05, 0.1) is 18.3 Å². The highest BCUT2D eigenvalue weighted by Gasteiger charge is 2.43. The second-order valence-corrected chi connectivity index (χ2v) is 6.60.